The summed E-state index contributed by atoms with van der Waals surface area (Å²) in [4.78, 5) is 0. The Labute approximate surface area is 152 Å². The Bertz CT molecular complexity index is 647. The number of ether oxygens (including phenoxy) is 2. The average molecular weight is 342 g/mol. The summed E-state index contributed by atoms with van der Waals surface area (Å²) in [5.41, 5.74) is 1.37. The van der Waals surface area contributed by atoms with Crippen molar-refractivity contribution in [2.45, 2.75) is 63.8 Å². The highest BCUT2D eigenvalue weighted by Crippen LogP contribution is 2.56. The van der Waals surface area contributed by atoms with E-state index >= 15 is 0 Å². The first kappa shape index (κ1) is 19.7. The van der Waals surface area contributed by atoms with E-state index in [1.54, 1.807) is 14.2 Å². The second kappa shape index (κ2) is 8.67. The van der Waals surface area contributed by atoms with Crippen LogP contribution in [0.4, 0.5) is 0 Å². The van der Waals surface area contributed by atoms with E-state index in [2.05, 4.69) is 25.7 Å². The van der Waals surface area contributed by atoms with Crippen LogP contribution in [0.2, 0.25) is 0 Å². The molecular formula is C22H30O3. The zero-order valence-corrected chi connectivity index (χ0v) is 15.9. The van der Waals surface area contributed by atoms with Crippen molar-refractivity contribution in [1.82, 2.24) is 0 Å². The molecule has 0 heterocycles. The molecule has 0 aromatic heterocycles. The predicted octanol–water partition coefficient (Wildman–Crippen LogP) is 4.56. The Morgan fingerprint density at radius 3 is 2.20 bits per heavy atom. The molecule has 1 aliphatic rings. The largest absolute Gasteiger partial charge is 0.369 e. The van der Waals surface area contributed by atoms with Crippen LogP contribution in [0, 0.1) is 11.8 Å². The minimum absolute atomic E-state index is 0.759. The molecule has 1 N–H and O–H groups in total. The van der Waals surface area contributed by atoms with Crippen LogP contribution < -0.4 is 0 Å². The van der Waals surface area contributed by atoms with E-state index in [9.17, 15) is 5.11 Å². The van der Waals surface area contributed by atoms with Gasteiger partial charge in [0.05, 0.1) is 0 Å². The van der Waals surface area contributed by atoms with E-state index in [1.807, 2.05) is 30.3 Å². The summed E-state index contributed by atoms with van der Waals surface area (Å²) in [5.74, 6) is 5.02. The third-order valence-electron chi connectivity index (χ3n) is 4.88. The summed E-state index contributed by atoms with van der Waals surface area (Å²) in [6.45, 7) is 4.28. The summed E-state index contributed by atoms with van der Waals surface area (Å²) < 4.78 is 11.4. The first-order chi connectivity index (χ1) is 12.1. The molecule has 0 bridgehead atoms. The lowest BCUT2D eigenvalue weighted by atomic mass is 9.63. The molecule has 3 nitrogen and oxygen atoms in total. The van der Waals surface area contributed by atoms with Gasteiger partial charge in [0, 0.05) is 31.8 Å². The van der Waals surface area contributed by atoms with Crippen LogP contribution in [0.15, 0.2) is 35.9 Å². The summed E-state index contributed by atoms with van der Waals surface area (Å²) in [7, 11) is 3.16. The molecule has 1 aromatic rings. The molecule has 0 radical (unpaired) electrons. The molecule has 25 heavy (non-hydrogen) atoms. The summed E-state index contributed by atoms with van der Waals surface area (Å²) in [5, 5.41) is 11.5. The lowest BCUT2D eigenvalue weighted by Gasteiger charge is -2.54. The summed E-state index contributed by atoms with van der Waals surface area (Å²) in [6.07, 6.45) is 5.75. The summed E-state index contributed by atoms with van der Waals surface area (Å²) in [6, 6.07) is 9.94. The van der Waals surface area contributed by atoms with Crippen molar-refractivity contribution in [3.05, 3.63) is 41.5 Å². The standard InChI is InChI=1S/C22H30O3/c1-5-7-9-13-17-21(23)20(18-14-11-10-12-15-18)19(16-8-6-2)22(21,24-3)25-4/h10-12,14-15,23H,5-9,16H2,1-4H3. The van der Waals surface area contributed by atoms with Crippen molar-refractivity contribution in [2.75, 3.05) is 14.2 Å². The number of hydrogen-bond acceptors (Lipinski definition) is 3. The van der Waals surface area contributed by atoms with Crippen molar-refractivity contribution >= 4 is 5.57 Å². The molecule has 0 saturated heterocycles. The quantitative estimate of drug-likeness (QED) is 0.428. The highest BCUT2D eigenvalue weighted by molar-refractivity contribution is 5.88. The molecule has 2 rings (SSSR count). The number of rotatable bonds is 8. The van der Waals surface area contributed by atoms with Crippen molar-refractivity contribution in [3.63, 3.8) is 0 Å². The maximum Gasteiger partial charge on any atom is 0.237 e. The first-order valence-corrected chi connectivity index (χ1v) is 9.23. The fourth-order valence-electron chi connectivity index (χ4n) is 3.56. The van der Waals surface area contributed by atoms with Gasteiger partial charge in [0.2, 0.25) is 11.4 Å². The molecule has 0 saturated carbocycles. The van der Waals surface area contributed by atoms with E-state index in [0.29, 0.717) is 0 Å². The van der Waals surface area contributed by atoms with Gasteiger partial charge in [-0.05, 0) is 24.8 Å². The van der Waals surface area contributed by atoms with Gasteiger partial charge >= 0.3 is 0 Å². The van der Waals surface area contributed by atoms with Crippen molar-refractivity contribution < 1.29 is 14.6 Å². The van der Waals surface area contributed by atoms with E-state index < -0.39 is 11.4 Å². The average Bonchev–Trinajstić information content (AvgIpc) is 2.64. The lowest BCUT2D eigenvalue weighted by Crippen LogP contribution is -2.65. The van der Waals surface area contributed by atoms with E-state index in [1.165, 1.54) is 0 Å². The second-order valence-electron chi connectivity index (χ2n) is 6.46. The maximum atomic E-state index is 11.5. The minimum atomic E-state index is -1.45. The Morgan fingerprint density at radius 2 is 1.64 bits per heavy atom. The zero-order valence-electron chi connectivity index (χ0n) is 15.9. The molecule has 1 atom stereocenters. The third kappa shape index (κ3) is 3.40. The fraction of sp³-hybridized carbons (Fsp3) is 0.545. The van der Waals surface area contributed by atoms with Gasteiger partial charge < -0.3 is 14.6 Å². The molecule has 0 fully saturated rings. The fourth-order valence-corrected chi connectivity index (χ4v) is 3.56. The van der Waals surface area contributed by atoms with Gasteiger partial charge in [-0.2, -0.15) is 0 Å². The van der Waals surface area contributed by atoms with Crippen molar-refractivity contribution in [1.29, 1.82) is 0 Å². The van der Waals surface area contributed by atoms with E-state index in [0.717, 1.165) is 55.2 Å². The highest BCUT2D eigenvalue weighted by Gasteiger charge is 2.66. The molecule has 0 aliphatic heterocycles. The van der Waals surface area contributed by atoms with E-state index in [-0.39, 0.29) is 0 Å². The normalized spacial score (nSPS) is 21.5. The molecule has 1 aliphatic carbocycles. The van der Waals surface area contributed by atoms with Crippen LogP contribution in [0.3, 0.4) is 0 Å². The van der Waals surface area contributed by atoms with Crippen LogP contribution in [0.25, 0.3) is 5.57 Å². The van der Waals surface area contributed by atoms with Gasteiger partial charge in [-0.3, -0.25) is 0 Å². The number of methoxy groups -OCH3 is 2. The molecule has 0 spiro atoms. The van der Waals surface area contributed by atoms with Gasteiger partial charge in [0.25, 0.3) is 0 Å². The molecule has 1 unspecified atom stereocenters. The van der Waals surface area contributed by atoms with Gasteiger partial charge in [-0.1, -0.05) is 68.9 Å². The Balaban J connectivity index is 2.56. The third-order valence-corrected chi connectivity index (χ3v) is 4.88. The van der Waals surface area contributed by atoms with Gasteiger partial charge in [0.1, 0.15) is 0 Å². The molecular weight excluding hydrogens is 312 g/mol. The van der Waals surface area contributed by atoms with Crippen molar-refractivity contribution in [2.24, 2.45) is 0 Å². The molecule has 0 amide bonds. The highest BCUT2D eigenvalue weighted by atomic mass is 16.7. The van der Waals surface area contributed by atoms with Crippen LogP contribution in [0.5, 0.6) is 0 Å². The number of unbranched alkanes of at least 4 members (excludes halogenated alkanes) is 3. The molecule has 3 heteroatoms. The minimum Gasteiger partial charge on any atom is -0.369 e. The van der Waals surface area contributed by atoms with Crippen LogP contribution in [0.1, 0.15) is 57.9 Å². The topological polar surface area (TPSA) is 38.7 Å². The Kier molecular flexibility index (Phi) is 6.84. The van der Waals surface area contributed by atoms with Crippen LogP contribution >= 0.6 is 0 Å². The maximum absolute atomic E-state index is 11.5. The van der Waals surface area contributed by atoms with Crippen molar-refractivity contribution in [3.8, 4) is 11.8 Å². The molecule has 1 aromatic carbocycles. The van der Waals surface area contributed by atoms with Gasteiger partial charge in [-0.25, -0.2) is 0 Å². The van der Waals surface area contributed by atoms with Gasteiger partial charge in [-0.15, -0.1) is 0 Å². The predicted molar refractivity (Wildman–Crippen MR) is 102 cm³/mol. The number of benzene rings is 1. The number of aliphatic hydroxyl groups is 1. The summed E-state index contributed by atoms with van der Waals surface area (Å²) >= 11 is 0. The molecule has 136 valence electrons. The Morgan fingerprint density at radius 1 is 1.00 bits per heavy atom. The zero-order chi connectivity index (χ0) is 18.3. The smallest absolute Gasteiger partial charge is 0.237 e. The SMILES string of the molecule is CCCCC#CC1(O)C(c2ccccc2)=C(CCCC)C1(OC)OC. The first-order valence-electron chi connectivity index (χ1n) is 9.23. The Hall–Kier alpha value is -1.60. The lowest BCUT2D eigenvalue weighted by molar-refractivity contribution is -0.257. The second-order valence-corrected chi connectivity index (χ2v) is 6.46. The number of hydrogen-bond donors (Lipinski definition) is 1. The monoisotopic (exact) mass is 342 g/mol. The van der Waals surface area contributed by atoms with Gasteiger partial charge in [0.15, 0.2) is 0 Å². The van der Waals surface area contributed by atoms with E-state index in [4.69, 9.17) is 9.47 Å². The van der Waals surface area contributed by atoms with Crippen LogP contribution in [-0.2, 0) is 9.47 Å². The van der Waals surface area contributed by atoms with Crippen LogP contribution in [-0.4, -0.2) is 30.7 Å².